The monoisotopic (exact) mass is 346 g/mol. The van der Waals surface area contributed by atoms with Gasteiger partial charge in [0.15, 0.2) is 5.75 Å². The first-order valence-corrected chi connectivity index (χ1v) is 8.59. The summed E-state index contributed by atoms with van der Waals surface area (Å²) in [5.74, 6) is 1.23. The number of amides is 1. The Kier molecular flexibility index (Phi) is 6.01. The zero-order chi connectivity index (χ0) is 18.2. The number of para-hydroxylation sites is 3. The Labute approximate surface area is 153 Å². The van der Waals surface area contributed by atoms with Gasteiger partial charge in [-0.2, -0.15) is 0 Å². The van der Waals surface area contributed by atoms with Crippen LogP contribution in [0.15, 0.2) is 78.9 Å². The van der Waals surface area contributed by atoms with Crippen LogP contribution < -0.4 is 15.4 Å². The fourth-order valence-electron chi connectivity index (χ4n) is 2.50. The molecule has 26 heavy (non-hydrogen) atoms. The predicted molar refractivity (Wildman–Crippen MR) is 104 cm³/mol. The predicted octanol–water partition coefficient (Wildman–Crippen LogP) is 4.52. The van der Waals surface area contributed by atoms with E-state index in [9.17, 15) is 4.79 Å². The summed E-state index contributed by atoms with van der Waals surface area (Å²) in [5.41, 5.74) is 3.02. The molecule has 0 aliphatic rings. The second-order valence-corrected chi connectivity index (χ2v) is 6.05. The number of anilines is 1. The van der Waals surface area contributed by atoms with Crippen LogP contribution in [0, 0.1) is 6.92 Å². The van der Waals surface area contributed by atoms with Gasteiger partial charge in [0.25, 0.3) is 0 Å². The molecule has 4 heteroatoms. The fraction of sp³-hybridized carbons (Fsp3) is 0.136. The van der Waals surface area contributed by atoms with Crippen molar-refractivity contribution in [3.63, 3.8) is 0 Å². The molecule has 0 aliphatic carbocycles. The minimum absolute atomic E-state index is 0.110. The van der Waals surface area contributed by atoms with Crippen LogP contribution in [0.5, 0.6) is 11.5 Å². The number of hydrogen-bond acceptors (Lipinski definition) is 3. The van der Waals surface area contributed by atoms with Gasteiger partial charge in [0.1, 0.15) is 5.75 Å². The molecule has 2 N–H and O–H groups in total. The maximum Gasteiger partial charge on any atom is 0.238 e. The molecule has 1 amide bonds. The highest BCUT2D eigenvalue weighted by atomic mass is 16.5. The van der Waals surface area contributed by atoms with Crippen LogP contribution in [0.4, 0.5) is 5.69 Å². The van der Waals surface area contributed by atoms with Crippen molar-refractivity contribution in [2.75, 3.05) is 11.9 Å². The van der Waals surface area contributed by atoms with Crippen LogP contribution in [0.2, 0.25) is 0 Å². The van der Waals surface area contributed by atoms with E-state index >= 15 is 0 Å². The smallest absolute Gasteiger partial charge is 0.238 e. The maximum absolute atomic E-state index is 12.2. The van der Waals surface area contributed by atoms with Crippen molar-refractivity contribution in [2.24, 2.45) is 0 Å². The normalized spacial score (nSPS) is 10.3. The summed E-state index contributed by atoms with van der Waals surface area (Å²) < 4.78 is 5.86. The highest BCUT2D eigenvalue weighted by molar-refractivity contribution is 5.93. The molecule has 0 unspecified atom stereocenters. The topological polar surface area (TPSA) is 50.4 Å². The molecular formula is C22H22N2O2. The molecule has 0 radical (unpaired) electrons. The Morgan fingerprint density at radius 1 is 0.885 bits per heavy atom. The molecule has 132 valence electrons. The number of carbonyl (C=O) groups is 1. The van der Waals surface area contributed by atoms with Crippen LogP contribution in [-0.2, 0) is 11.3 Å². The Bertz CT molecular complexity index is 846. The molecule has 0 atom stereocenters. The quantitative estimate of drug-likeness (QED) is 0.661. The molecule has 0 aromatic heterocycles. The van der Waals surface area contributed by atoms with Crippen molar-refractivity contribution in [3.8, 4) is 11.5 Å². The Balaban J connectivity index is 1.55. The minimum Gasteiger partial charge on any atom is -0.455 e. The molecule has 4 nitrogen and oxygen atoms in total. The van der Waals surface area contributed by atoms with Crippen LogP contribution in [0.1, 0.15) is 11.1 Å². The molecule has 0 fully saturated rings. The second kappa shape index (κ2) is 8.83. The lowest BCUT2D eigenvalue weighted by Gasteiger charge is -2.12. The average Bonchev–Trinajstić information content (AvgIpc) is 2.66. The number of nitrogens with one attached hydrogen (secondary N) is 2. The highest BCUT2D eigenvalue weighted by Gasteiger charge is 2.08. The van der Waals surface area contributed by atoms with E-state index in [-0.39, 0.29) is 12.5 Å². The van der Waals surface area contributed by atoms with E-state index in [0.29, 0.717) is 18.0 Å². The third-order valence-corrected chi connectivity index (χ3v) is 3.87. The van der Waals surface area contributed by atoms with Crippen molar-refractivity contribution in [1.29, 1.82) is 0 Å². The number of carbonyl (C=O) groups excluding carboxylic acids is 1. The summed E-state index contributed by atoms with van der Waals surface area (Å²) in [6.07, 6.45) is 0. The lowest BCUT2D eigenvalue weighted by Crippen LogP contribution is -2.27. The van der Waals surface area contributed by atoms with Gasteiger partial charge < -0.3 is 15.4 Å². The summed E-state index contributed by atoms with van der Waals surface area (Å²) in [7, 11) is 0. The van der Waals surface area contributed by atoms with Crippen LogP contribution in [-0.4, -0.2) is 12.5 Å². The number of hydrogen-bond donors (Lipinski definition) is 2. The molecule has 0 heterocycles. The Morgan fingerprint density at radius 2 is 1.58 bits per heavy atom. The molecule has 3 aromatic carbocycles. The van der Waals surface area contributed by atoms with Crippen molar-refractivity contribution in [3.05, 3.63) is 90.0 Å². The second-order valence-electron chi connectivity index (χ2n) is 6.05. The van der Waals surface area contributed by atoms with Crippen molar-refractivity contribution in [1.82, 2.24) is 5.32 Å². The van der Waals surface area contributed by atoms with Gasteiger partial charge in [-0.3, -0.25) is 4.79 Å². The molecule has 0 saturated heterocycles. The summed E-state index contributed by atoms with van der Waals surface area (Å²) >= 11 is 0. The molecular weight excluding hydrogens is 324 g/mol. The van der Waals surface area contributed by atoms with E-state index < -0.39 is 0 Å². The fourth-order valence-corrected chi connectivity index (χ4v) is 2.50. The third-order valence-electron chi connectivity index (χ3n) is 3.87. The summed E-state index contributed by atoms with van der Waals surface area (Å²) in [4.78, 5) is 12.2. The van der Waals surface area contributed by atoms with E-state index in [1.165, 1.54) is 5.56 Å². The van der Waals surface area contributed by atoms with Crippen LogP contribution in [0.3, 0.4) is 0 Å². The van der Waals surface area contributed by atoms with Gasteiger partial charge in [-0.1, -0.05) is 60.2 Å². The molecule has 0 bridgehead atoms. The summed E-state index contributed by atoms with van der Waals surface area (Å²) in [6.45, 7) is 2.93. The van der Waals surface area contributed by atoms with E-state index in [1.54, 1.807) is 0 Å². The van der Waals surface area contributed by atoms with Gasteiger partial charge in [-0.05, 0) is 36.8 Å². The SMILES string of the molecule is Cc1ccc(CNCC(=O)Nc2ccccc2Oc2ccccc2)cc1. The maximum atomic E-state index is 12.2. The van der Waals surface area contributed by atoms with E-state index in [1.807, 2.05) is 54.6 Å². The van der Waals surface area contributed by atoms with Crippen LogP contribution >= 0.6 is 0 Å². The molecule has 0 spiro atoms. The van der Waals surface area contributed by atoms with Crippen molar-refractivity contribution in [2.45, 2.75) is 13.5 Å². The molecule has 0 aliphatic heterocycles. The molecule has 3 rings (SSSR count). The van der Waals surface area contributed by atoms with Gasteiger partial charge >= 0.3 is 0 Å². The lowest BCUT2D eigenvalue weighted by atomic mass is 10.1. The van der Waals surface area contributed by atoms with E-state index in [2.05, 4.69) is 41.8 Å². The average molecular weight is 346 g/mol. The first-order chi connectivity index (χ1) is 12.7. The minimum atomic E-state index is -0.110. The van der Waals surface area contributed by atoms with E-state index in [4.69, 9.17) is 4.74 Å². The molecule has 3 aromatic rings. The summed E-state index contributed by atoms with van der Waals surface area (Å²) in [5, 5.41) is 6.06. The zero-order valence-electron chi connectivity index (χ0n) is 14.7. The largest absolute Gasteiger partial charge is 0.455 e. The number of ether oxygens (including phenoxy) is 1. The van der Waals surface area contributed by atoms with Gasteiger partial charge in [-0.25, -0.2) is 0 Å². The summed E-state index contributed by atoms with van der Waals surface area (Å²) in [6, 6.07) is 25.2. The van der Waals surface area contributed by atoms with Gasteiger partial charge in [-0.15, -0.1) is 0 Å². The van der Waals surface area contributed by atoms with Crippen molar-refractivity contribution < 1.29 is 9.53 Å². The van der Waals surface area contributed by atoms with Crippen molar-refractivity contribution >= 4 is 11.6 Å². The van der Waals surface area contributed by atoms with Gasteiger partial charge in [0, 0.05) is 6.54 Å². The third kappa shape index (κ3) is 5.19. The number of benzene rings is 3. The zero-order valence-corrected chi connectivity index (χ0v) is 14.7. The van der Waals surface area contributed by atoms with E-state index in [0.717, 1.165) is 11.3 Å². The first kappa shape index (κ1) is 17.7. The first-order valence-electron chi connectivity index (χ1n) is 8.59. The lowest BCUT2D eigenvalue weighted by molar-refractivity contribution is -0.115. The Hall–Kier alpha value is -3.11. The van der Waals surface area contributed by atoms with Crippen LogP contribution in [0.25, 0.3) is 0 Å². The Morgan fingerprint density at radius 3 is 2.35 bits per heavy atom. The number of rotatable bonds is 7. The number of aryl methyl sites for hydroxylation is 1. The van der Waals surface area contributed by atoms with Gasteiger partial charge in [0.05, 0.1) is 12.2 Å². The molecule has 0 saturated carbocycles. The highest BCUT2D eigenvalue weighted by Crippen LogP contribution is 2.28. The van der Waals surface area contributed by atoms with Gasteiger partial charge in [0.2, 0.25) is 5.91 Å². The standard InChI is InChI=1S/C22H22N2O2/c1-17-11-13-18(14-12-17)15-23-16-22(25)24-20-9-5-6-10-21(20)26-19-7-3-2-4-8-19/h2-14,23H,15-16H2,1H3,(H,24,25).